The summed E-state index contributed by atoms with van der Waals surface area (Å²) in [5.41, 5.74) is 18.2. The highest BCUT2D eigenvalue weighted by molar-refractivity contribution is 5.15. The molecule has 4 aliphatic carbocycles. The maximum absolute atomic E-state index is 7.00. The lowest BCUT2D eigenvalue weighted by Crippen LogP contribution is -2.63. The minimum absolute atomic E-state index is 0.187. The fourth-order valence-corrected chi connectivity index (χ4v) is 10.8. The molecule has 7 nitrogen and oxygen atoms in total. The van der Waals surface area contributed by atoms with Gasteiger partial charge < -0.3 is 36.7 Å². The Balaban J connectivity index is 1.57. The van der Waals surface area contributed by atoms with Crippen LogP contribution in [0.5, 0.6) is 0 Å². The Kier molecular flexibility index (Phi) is 14.7. The molecule has 7 heteroatoms. The summed E-state index contributed by atoms with van der Waals surface area (Å²) < 4.78 is 20.3. The van der Waals surface area contributed by atoms with Gasteiger partial charge in [-0.1, -0.05) is 34.1 Å². The number of nitrogens with two attached hydrogens (primary N) is 3. The summed E-state index contributed by atoms with van der Waals surface area (Å²) in [5, 5.41) is 3.68. The number of nitrogens with one attached hydrogen (secondary N) is 1. The summed E-state index contributed by atoms with van der Waals surface area (Å²) in [7, 11) is 0. The number of unbranched alkanes of at least 4 members (excludes halogenated alkanes) is 1. The standard InChI is InChI=1S/C37H72N4O3/c1-5-6-19-41-20-7-11-27(2)30-12-13-31-35-32(26-34(37(30,31)4)44-23-10-18-40)36(3)15-14-29(42-21-8-16-38)24-28(36)25-33(35)43-22-9-17-39/h27-35,41H,5-26,38-40H2,1-4H3/t27-,28?,29-,30?,31+,32+,33-,34?,35?,36+,37-/m1/s1. The van der Waals surface area contributed by atoms with Crippen molar-refractivity contribution in [2.75, 3.05) is 52.5 Å². The number of hydrogen-bond acceptors (Lipinski definition) is 7. The van der Waals surface area contributed by atoms with Crippen LogP contribution in [0.2, 0.25) is 0 Å². The van der Waals surface area contributed by atoms with Crippen LogP contribution in [-0.2, 0) is 14.2 Å². The Hall–Kier alpha value is -0.280. The predicted octanol–water partition coefficient (Wildman–Crippen LogP) is 5.87. The first kappa shape index (κ1) is 36.6. The van der Waals surface area contributed by atoms with Crippen molar-refractivity contribution in [1.82, 2.24) is 5.32 Å². The molecular weight excluding hydrogens is 548 g/mol. The van der Waals surface area contributed by atoms with Crippen molar-refractivity contribution in [1.29, 1.82) is 0 Å². The maximum atomic E-state index is 7.00. The van der Waals surface area contributed by atoms with E-state index in [0.29, 0.717) is 78.9 Å². The Morgan fingerprint density at radius 2 is 1.45 bits per heavy atom. The van der Waals surface area contributed by atoms with Crippen LogP contribution < -0.4 is 22.5 Å². The van der Waals surface area contributed by atoms with Gasteiger partial charge in [-0.05, 0) is 157 Å². The second-order valence-corrected chi connectivity index (χ2v) is 15.7. The molecule has 7 N–H and O–H groups in total. The number of fused-ring (bicyclic) bond motifs is 5. The molecule has 0 aromatic carbocycles. The van der Waals surface area contributed by atoms with E-state index in [2.05, 4.69) is 33.0 Å². The molecule has 0 aromatic rings. The maximum Gasteiger partial charge on any atom is 0.0637 e. The minimum Gasteiger partial charge on any atom is -0.378 e. The molecule has 44 heavy (non-hydrogen) atoms. The van der Waals surface area contributed by atoms with Crippen LogP contribution in [0, 0.1) is 46.3 Å². The van der Waals surface area contributed by atoms with Gasteiger partial charge in [0, 0.05) is 25.2 Å². The quantitative estimate of drug-likeness (QED) is 0.126. The van der Waals surface area contributed by atoms with Gasteiger partial charge in [-0.3, -0.25) is 0 Å². The van der Waals surface area contributed by atoms with Gasteiger partial charge in [0.05, 0.1) is 18.3 Å². The molecule has 0 aromatic heterocycles. The van der Waals surface area contributed by atoms with Gasteiger partial charge in [0.2, 0.25) is 0 Å². The summed E-state index contributed by atoms with van der Waals surface area (Å²) in [5.74, 6) is 3.93. The minimum atomic E-state index is 0.187. The Labute approximate surface area is 271 Å². The van der Waals surface area contributed by atoms with Crippen molar-refractivity contribution >= 4 is 0 Å². The monoisotopic (exact) mass is 621 g/mol. The van der Waals surface area contributed by atoms with Crippen LogP contribution >= 0.6 is 0 Å². The first-order chi connectivity index (χ1) is 21.3. The smallest absolute Gasteiger partial charge is 0.0637 e. The Morgan fingerprint density at radius 3 is 2.16 bits per heavy atom. The summed E-state index contributed by atoms with van der Waals surface area (Å²) in [6.07, 6.45) is 17.5. The van der Waals surface area contributed by atoms with Crippen LogP contribution in [0.25, 0.3) is 0 Å². The van der Waals surface area contributed by atoms with Crippen LogP contribution in [0.1, 0.15) is 118 Å². The fraction of sp³-hybridized carbons (Fsp3) is 1.00. The third-order valence-corrected chi connectivity index (χ3v) is 13.2. The van der Waals surface area contributed by atoms with Crippen molar-refractivity contribution in [3.8, 4) is 0 Å². The van der Waals surface area contributed by atoms with Crippen LogP contribution in [0.4, 0.5) is 0 Å². The van der Waals surface area contributed by atoms with Gasteiger partial charge >= 0.3 is 0 Å². The molecular formula is C37H72N4O3. The highest BCUT2D eigenvalue weighted by atomic mass is 16.5. The molecule has 0 saturated heterocycles. The molecule has 0 aliphatic heterocycles. The molecule has 0 amide bonds. The van der Waals surface area contributed by atoms with E-state index < -0.39 is 0 Å². The molecule has 0 radical (unpaired) electrons. The lowest BCUT2D eigenvalue weighted by molar-refractivity contribution is -0.227. The van der Waals surface area contributed by atoms with Gasteiger partial charge in [-0.25, -0.2) is 0 Å². The summed E-state index contributed by atoms with van der Waals surface area (Å²) in [4.78, 5) is 0. The third kappa shape index (κ3) is 8.22. The predicted molar refractivity (Wildman–Crippen MR) is 182 cm³/mol. The van der Waals surface area contributed by atoms with Crippen molar-refractivity contribution in [2.24, 2.45) is 63.5 Å². The van der Waals surface area contributed by atoms with E-state index in [1.165, 1.54) is 64.2 Å². The Morgan fingerprint density at radius 1 is 0.773 bits per heavy atom. The molecule has 4 aliphatic rings. The van der Waals surface area contributed by atoms with Gasteiger partial charge in [0.1, 0.15) is 0 Å². The highest BCUT2D eigenvalue weighted by Crippen LogP contribution is 2.69. The van der Waals surface area contributed by atoms with Gasteiger partial charge in [-0.15, -0.1) is 0 Å². The van der Waals surface area contributed by atoms with E-state index in [-0.39, 0.29) is 5.41 Å². The molecule has 258 valence electrons. The first-order valence-corrected chi connectivity index (χ1v) is 19.0. The van der Waals surface area contributed by atoms with E-state index >= 15 is 0 Å². The number of ether oxygens (including phenoxy) is 3. The van der Waals surface area contributed by atoms with Crippen molar-refractivity contribution in [3.63, 3.8) is 0 Å². The average Bonchev–Trinajstić information content (AvgIpc) is 3.38. The second kappa shape index (κ2) is 17.8. The molecule has 4 rings (SSSR count). The van der Waals surface area contributed by atoms with Crippen LogP contribution in [0.15, 0.2) is 0 Å². The van der Waals surface area contributed by atoms with E-state index in [0.717, 1.165) is 58.6 Å². The third-order valence-electron chi connectivity index (χ3n) is 13.2. The zero-order chi connectivity index (χ0) is 31.6. The highest BCUT2D eigenvalue weighted by Gasteiger charge is 2.66. The molecule has 4 saturated carbocycles. The summed E-state index contributed by atoms with van der Waals surface area (Å²) in [6.45, 7) is 16.9. The zero-order valence-electron chi connectivity index (χ0n) is 29.2. The first-order valence-electron chi connectivity index (χ1n) is 19.0. The molecule has 0 bridgehead atoms. The van der Waals surface area contributed by atoms with Crippen molar-refractivity contribution < 1.29 is 14.2 Å². The lowest BCUT2D eigenvalue weighted by Gasteiger charge is -2.65. The molecule has 11 atom stereocenters. The number of hydrogen-bond donors (Lipinski definition) is 4. The molecule has 0 heterocycles. The van der Waals surface area contributed by atoms with E-state index in [4.69, 9.17) is 31.4 Å². The lowest BCUT2D eigenvalue weighted by atomic mass is 9.43. The largest absolute Gasteiger partial charge is 0.378 e. The van der Waals surface area contributed by atoms with Crippen molar-refractivity contribution in [2.45, 2.75) is 136 Å². The van der Waals surface area contributed by atoms with Crippen molar-refractivity contribution in [3.05, 3.63) is 0 Å². The molecule has 4 unspecified atom stereocenters. The SMILES string of the molecule is CCCCNCCC[C@@H](C)C1CC[C@H]2C3[C@H](OCCCN)CC4C[C@H](OCCCN)CC[C@]4(C)[C@H]3CC(OCCCN)[C@]12C. The van der Waals surface area contributed by atoms with E-state index in [1.54, 1.807) is 0 Å². The normalized spacial score (nSPS) is 39.1. The van der Waals surface area contributed by atoms with Crippen LogP contribution in [-0.4, -0.2) is 70.9 Å². The van der Waals surface area contributed by atoms with Gasteiger partial charge in [-0.2, -0.15) is 0 Å². The number of rotatable bonds is 20. The van der Waals surface area contributed by atoms with Gasteiger partial charge in [0.15, 0.2) is 0 Å². The topological polar surface area (TPSA) is 118 Å². The molecule has 4 fully saturated rings. The zero-order valence-corrected chi connectivity index (χ0v) is 29.2. The van der Waals surface area contributed by atoms with E-state index in [9.17, 15) is 0 Å². The Bertz CT molecular complexity index is 818. The summed E-state index contributed by atoms with van der Waals surface area (Å²) in [6, 6.07) is 0. The average molecular weight is 621 g/mol. The van der Waals surface area contributed by atoms with Crippen LogP contribution in [0.3, 0.4) is 0 Å². The van der Waals surface area contributed by atoms with Gasteiger partial charge in [0.25, 0.3) is 0 Å². The fourth-order valence-electron chi connectivity index (χ4n) is 10.8. The van der Waals surface area contributed by atoms with E-state index in [1.807, 2.05) is 0 Å². The molecule has 0 spiro atoms. The summed E-state index contributed by atoms with van der Waals surface area (Å²) >= 11 is 0. The second-order valence-electron chi connectivity index (χ2n) is 15.7.